The Kier molecular flexibility index (Phi) is 6.59. The molecule has 0 radical (unpaired) electrons. The number of hydrogen-bond acceptors (Lipinski definition) is 6. The number of fused-ring (bicyclic) bond motifs is 7. The third-order valence-corrected chi connectivity index (χ3v) is 14.1. The van der Waals surface area contributed by atoms with E-state index in [1.807, 2.05) is 25.5 Å². The van der Waals surface area contributed by atoms with E-state index < -0.39 is 60.7 Å². The molecule has 42 heavy (non-hydrogen) atoms. The van der Waals surface area contributed by atoms with E-state index in [9.17, 15) is 32.7 Å². The van der Waals surface area contributed by atoms with Crippen LogP contribution in [-0.2, 0) is 29.2 Å². The largest absolute Gasteiger partial charge is 0.481 e. The second-order valence-electron chi connectivity index (χ2n) is 16.1. The third kappa shape index (κ3) is 3.86. The van der Waals surface area contributed by atoms with Crippen LogP contribution in [-0.4, -0.2) is 43.2 Å². The van der Waals surface area contributed by atoms with E-state index in [2.05, 4.69) is 34.6 Å². The normalized spacial score (nSPS) is 43.9. The minimum Gasteiger partial charge on any atom is -0.481 e. The summed E-state index contributed by atoms with van der Waals surface area (Å²) < 4.78 is 25.8. The molecule has 3 saturated carbocycles. The average Bonchev–Trinajstić information content (AvgIpc) is 2.84. The number of carboxylic acids is 1. The number of hydrogen-bond donors (Lipinski definition) is 2. The van der Waals surface area contributed by atoms with Crippen LogP contribution in [0.2, 0.25) is 0 Å². The number of ketones is 2. The molecule has 1 unspecified atom stereocenters. The van der Waals surface area contributed by atoms with Crippen molar-refractivity contribution in [2.75, 3.05) is 6.26 Å². The van der Waals surface area contributed by atoms with E-state index in [-0.39, 0.29) is 34.5 Å². The fraction of sp³-hybridized carbons (Fsp3) is 0.758. The number of amides is 1. The van der Waals surface area contributed by atoms with Gasteiger partial charge in [0.1, 0.15) is 0 Å². The molecule has 5 aliphatic rings. The molecule has 2 N–H and O–H groups in total. The lowest BCUT2D eigenvalue weighted by Gasteiger charge is -2.69. The first-order valence-corrected chi connectivity index (χ1v) is 17.2. The molecule has 0 aliphatic heterocycles. The van der Waals surface area contributed by atoms with Crippen LogP contribution in [0.4, 0.5) is 0 Å². The molecule has 5 rings (SSSR count). The van der Waals surface area contributed by atoms with Crippen LogP contribution in [0.5, 0.6) is 0 Å². The molecule has 1 amide bonds. The Bertz CT molecular complexity index is 1470. The van der Waals surface area contributed by atoms with Crippen LogP contribution in [0.1, 0.15) is 93.9 Å². The standard InChI is InChI=1S/C33H47NO7S/c1-18-23-24-20(35)16-22-30(6)17-19(26(37)34-42(9,40)41)25(36)29(4,5)21(30)10-11-31(22,7)32(24,8)13-15-33(23,27(38)39)14-12-28(18,2)3/h16-18,21,23-24H,10-15H2,1-9H3,(H,34,37)(H,38,39)/t18?,21-,23-,24+,30-,31+,32+,33-/m0/s1. The fourth-order valence-electron chi connectivity index (χ4n) is 10.6. The summed E-state index contributed by atoms with van der Waals surface area (Å²) in [4.78, 5) is 54.4. The maximum Gasteiger partial charge on any atom is 0.309 e. The first-order valence-electron chi connectivity index (χ1n) is 15.3. The van der Waals surface area contributed by atoms with Crippen LogP contribution >= 0.6 is 0 Å². The molecule has 0 bridgehead atoms. The molecule has 5 aliphatic carbocycles. The summed E-state index contributed by atoms with van der Waals surface area (Å²) in [7, 11) is -3.90. The zero-order chi connectivity index (χ0) is 31.6. The molecule has 0 aromatic rings. The summed E-state index contributed by atoms with van der Waals surface area (Å²) in [6, 6.07) is 0. The highest BCUT2D eigenvalue weighted by Crippen LogP contribution is 2.75. The third-order valence-electron chi connectivity index (χ3n) is 13.5. The molecule has 8 nitrogen and oxygen atoms in total. The van der Waals surface area contributed by atoms with Crippen molar-refractivity contribution >= 4 is 33.5 Å². The molecule has 232 valence electrons. The molecule has 3 fully saturated rings. The maximum absolute atomic E-state index is 14.5. The number of Topliss-reactive ketones (excluding diaryl/α,β-unsaturated/α-hetero) is 1. The average molecular weight is 602 g/mol. The fourth-order valence-corrected chi connectivity index (χ4v) is 11.1. The molecule has 0 spiro atoms. The topological polar surface area (TPSA) is 135 Å². The molecule has 0 saturated heterocycles. The number of rotatable bonds is 3. The number of allylic oxidation sites excluding steroid dienone is 3. The summed E-state index contributed by atoms with van der Waals surface area (Å²) in [5, 5.41) is 10.7. The summed E-state index contributed by atoms with van der Waals surface area (Å²) in [6.45, 7) is 16.5. The SMILES string of the molecule is CC1[C@H]2[C@H]3C(=O)C=C4[C@@]5(C)C=C(C(=O)NS(C)(=O)=O)C(=O)C(C)(C)[C@@H]5CC[C@@]4(C)[C@]3(C)CC[C@@]2(C(=O)O)CCC1(C)C. The Morgan fingerprint density at radius 2 is 1.55 bits per heavy atom. The minimum atomic E-state index is -3.90. The lowest BCUT2D eigenvalue weighted by Crippen LogP contribution is -2.67. The van der Waals surface area contributed by atoms with Gasteiger partial charge in [0.05, 0.1) is 17.2 Å². The van der Waals surface area contributed by atoms with Crippen LogP contribution in [0.15, 0.2) is 23.3 Å². The number of carboxylic acid groups (broad SMARTS) is 1. The van der Waals surface area contributed by atoms with Gasteiger partial charge in [-0.05, 0) is 78.6 Å². The van der Waals surface area contributed by atoms with Gasteiger partial charge >= 0.3 is 5.97 Å². The van der Waals surface area contributed by atoms with Gasteiger partial charge in [-0.15, -0.1) is 0 Å². The molecular formula is C33H47NO7S. The monoisotopic (exact) mass is 601 g/mol. The highest BCUT2D eigenvalue weighted by atomic mass is 32.2. The lowest BCUT2D eigenvalue weighted by atomic mass is 9.33. The van der Waals surface area contributed by atoms with E-state index >= 15 is 0 Å². The quantitative estimate of drug-likeness (QED) is 0.430. The first-order chi connectivity index (χ1) is 19.0. The summed E-state index contributed by atoms with van der Waals surface area (Å²) in [5.74, 6) is -3.13. The molecule has 9 heteroatoms. The van der Waals surface area contributed by atoms with Crippen LogP contribution in [0.3, 0.4) is 0 Å². The Hall–Kier alpha value is -2.29. The second kappa shape index (κ2) is 8.89. The van der Waals surface area contributed by atoms with Gasteiger partial charge in [0.2, 0.25) is 10.0 Å². The summed E-state index contributed by atoms with van der Waals surface area (Å²) >= 11 is 0. The molecule has 8 atom stereocenters. The number of carbonyl (C=O) groups excluding carboxylic acids is 3. The number of sulfonamides is 1. The highest BCUT2D eigenvalue weighted by molar-refractivity contribution is 7.89. The van der Waals surface area contributed by atoms with Crippen molar-refractivity contribution < 1.29 is 32.7 Å². The van der Waals surface area contributed by atoms with Crippen molar-refractivity contribution in [1.29, 1.82) is 0 Å². The Labute approximate surface area is 250 Å². The lowest BCUT2D eigenvalue weighted by molar-refractivity contribution is -0.199. The van der Waals surface area contributed by atoms with E-state index in [1.165, 1.54) is 0 Å². The smallest absolute Gasteiger partial charge is 0.309 e. The highest BCUT2D eigenvalue weighted by Gasteiger charge is 2.72. The van der Waals surface area contributed by atoms with Crippen LogP contribution in [0, 0.1) is 56.2 Å². The van der Waals surface area contributed by atoms with E-state index in [0.29, 0.717) is 25.7 Å². The van der Waals surface area contributed by atoms with Gasteiger partial charge in [0.15, 0.2) is 11.6 Å². The van der Waals surface area contributed by atoms with Crippen molar-refractivity contribution in [3.63, 3.8) is 0 Å². The van der Waals surface area contributed by atoms with Gasteiger partial charge in [-0.3, -0.25) is 19.2 Å². The Morgan fingerprint density at radius 3 is 2.12 bits per heavy atom. The van der Waals surface area contributed by atoms with Crippen LogP contribution in [0.25, 0.3) is 0 Å². The maximum atomic E-state index is 14.5. The zero-order valence-electron chi connectivity index (χ0n) is 26.5. The second-order valence-corrected chi connectivity index (χ2v) is 17.9. The first kappa shape index (κ1) is 31.1. The minimum absolute atomic E-state index is 0.0267. The summed E-state index contributed by atoms with van der Waals surface area (Å²) in [6.07, 6.45) is 8.14. The Morgan fingerprint density at radius 1 is 0.952 bits per heavy atom. The van der Waals surface area contributed by atoms with Crippen molar-refractivity contribution in [2.45, 2.75) is 93.9 Å². The van der Waals surface area contributed by atoms with Crippen molar-refractivity contribution in [3.05, 3.63) is 23.3 Å². The summed E-state index contributed by atoms with van der Waals surface area (Å²) in [5.41, 5.74) is -3.18. The molecular weight excluding hydrogens is 554 g/mol. The number of nitrogens with one attached hydrogen (secondary N) is 1. The number of aliphatic carboxylic acids is 1. The predicted molar refractivity (Wildman–Crippen MR) is 158 cm³/mol. The van der Waals surface area contributed by atoms with Crippen molar-refractivity contribution in [2.24, 2.45) is 56.2 Å². The van der Waals surface area contributed by atoms with E-state index in [4.69, 9.17) is 0 Å². The van der Waals surface area contributed by atoms with Gasteiger partial charge in [0, 0.05) is 16.7 Å². The van der Waals surface area contributed by atoms with E-state index in [1.54, 1.807) is 12.2 Å². The zero-order valence-corrected chi connectivity index (χ0v) is 27.3. The predicted octanol–water partition coefficient (Wildman–Crippen LogP) is 5.09. The van der Waals surface area contributed by atoms with Gasteiger partial charge < -0.3 is 5.11 Å². The van der Waals surface area contributed by atoms with Crippen molar-refractivity contribution in [1.82, 2.24) is 4.72 Å². The van der Waals surface area contributed by atoms with Crippen LogP contribution < -0.4 is 4.72 Å². The molecule has 0 heterocycles. The Balaban J connectivity index is 1.72. The number of carbonyl (C=O) groups is 4. The van der Waals surface area contributed by atoms with Gasteiger partial charge in [-0.25, -0.2) is 13.1 Å². The van der Waals surface area contributed by atoms with E-state index in [0.717, 1.165) is 24.7 Å². The van der Waals surface area contributed by atoms with Gasteiger partial charge in [0.25, 0.3) is 5.91 Å². The van der Waals surface area contributed by atoms with Gasteiger partial charge in [-0.2, -0.15) is 0 Å². The molecule has 0 aromatic heterocycles. The molecule has 0 aromatic carbocycles. The van der Waals surface area contributed by atoms with Gasteiger partial charge in [-0.1, -0.05) is 67.0 Å². The van der Waals surface area contributed by atoms with Crippen molar-refractivity contribution in [3.8, 4) is 0 Å².